The maximum Gasteiger partial charge on any atom is 0.307 e. The van der Waals surface area contributed by atoms with Crippen LogP contribution in [0.5, 0.6) is 0 Å². The fraction of sp³-hybridized carbons (Fsp3) is 0.368. The molecule has 122 valence electrons. The Labute approximate surface area is 136 Å². The molecule has 0 spiro atoms. The van der Waals surface area contributed by atoms with Crippen molar-refractivity contribution in [1.29, 1.82) is 0 Å². The number of hydrogen-bond acceptors (Lipinski definition) is 2. The third-order valence-electron chi connectivity index (χ3n) is 3.98. The summed E-state index contributed by atoms with van der Waals surface area (Å²) in [5.74, 6) is -1.82. The van der Waals surface area contributed by atoms with Crippen LogP contribution < -0.4 is 5.32 Å². The molecule has 0 fully saturated rings. The number of rotatable bonds is 8. The maximum atomic E-state index is 11.9. The van der Waals surface area contributed by atoms with E-state index < -0.39 is 11.9 Å². The molecule has 0 aromatic heterocycles. The van der Waals surface area contributed by atoms with Gasteiger partial charge in [0, 0.05) is 13.0 Å². The predicted molar refractivity (Wildman–Crippen MR) is 91.3 cm³/mol. The van der Waals surface area contributed by atoms with Gasteiger partial charge in [0.2, 0.25) is 5.91 Å². The highest BCUT2D eigenvalue weighted by Gasteiger charge is 2.22. The number of carboxylic acids is 1. The Morgan fingerprint density at radius 1 is 1.13 bits per heavy atom. The first-order chi connectivity index (χ1) is 11.1. The molecule has 0 aliphatic carbocycles. The van der Waals surface area contributed by atoms with Crippen LogP contribution in [0.1, 0.15) is 31.7 Å². The van der Waals surface area contributed by atoms with Crippen LogP contribution in [-0.2, 0) is 16.0 Å². The summed E-state index contributed by atoms with van der Waals surface area (Å²) in [5, 5.41) is 14.4. The highest BCUT2D eigenvalue weighted by molar-refractivity contribution is 5.87. The molecular formula is C19H23NO3. The van der Waals surface area contributed by atoms with Crippen molar-refractivity contribution in [3.8, 4) is 0 Å². The maximum absolute atomic E-state index is 11.9. The molecule has 0 saturated carbocycles. The summed E-state index contributed by atoms with van der Waals surface area (Å²) < 4.78 is 0. The minimum Gasteiger partial charge on any atom is -0.481 e. The molecule has 23 heavy (non-hydrogen) atoms. The molecule has 0 radical (unpaired) electrons. The summed E-state index contributed by atoms with van der Waals surface area (Å²) in [6, 6.07) is 13.8. The molecule has 2 aromatic carbocycles. The van der Waals surface area contributed by atoms with Crippen molar-refractivity contribution < 1.29 is 14.7 Å². The van der Waals surface area contributed by atoms with E-state index in [1.165, 1.54) is 0 Å². The molecule has 0 saturated heterocycles. The molecule has 0 heterocycles. The topological polar surface area (TPSA) is 66.4 Å². The van der Waals surface area contributed by atoms with Crippen molar-refractivity contribution in [3.05, 3.63) is 48.0 Å². The zero-order valence-corrected chi connectivity index (χ0v) is 13.4. The van der Waals surface area contributed by atoms with Gasteiger partial charge in [-0.3, -0.25) is 9.59 Å². The van der Waals surface area contributed by atoms with Crippen LogP contribution in [0.4, 0.5) is 0 Å². The van der Waals surface area contributed by atoms with Gasteiger partial charge >= 0.3 is 5.97 Å². The van der Waals surface area contributed by atoms with Gasteiger partial charge in [-0.25, -0.2) is 0 Å². The second-order valence-electron chi connectivity index (χ2n) is 5.79. The highest BCUT2D eigenvalue weighted by atomic mass is 16.4. The number of aliphatic carboxylic acids is 1. The normalized spacial score (nSPS) is 12.0. The Balaban J connectivity index is 2.09. The zero-order valence-electron chi connectivity index (χ0n) is 13.4. The van der Waals surface area contributed by atoms with Crippen LogP contribution in [0, 0.1) is 5.92 Å². The molecule has 0 aliphatic heterocycles. The first-order valence-corrected chi connectivity index (χ1v) is 8.08. The molecule has 1 amide bonds. The molecule has 2 N–H and O–H groups in total. The lowest BCUT2D eigenvalue weighted by Crippen LogP contribution is -2.30. The minimum absolute atomic E-state index is 0.0161. The van der Waals surface area contributed by atoms with E-state index in [9.17, 15) is 14.7 Å². The Hall–Kier alpha value is -2.36. The third kappa shape index (κ3) is 4.81. The number of carbonyl (C=O) groups excluding carboxylic acids is 1. The molecule has 2 rings (SSSR count). The van der Waals surface area contributed by atoms with Crippen LogP contribution in [-0.4, -0.2) is 23.5 Å². The number of carbonyl (C=O) groups is 2. The second kappa shape index (κ2) is 8.32. The summed E-state index contributed by atoms with van der Waals surface area (Å²) >= 11 is 0. The van der Waals surface area contributed by atoms with Gasteiger partial charge in [-0.2, -0.15) is 0 Å². The fourth-order valence-corrected chi connectivity index (χ4v) is 2.68. The fourth-order valence-electron chi connectivity index (χ4n) is 2.68. The van der Waals surface area contributed by atoms with Crippen molar-refractivity contribution in [2.24, 2.45) is 5.92 Å². The van der Waals surface area contributed by atoms with Gasteiger partial charge < -0.3 is 10.4 Å². The molecule has 0 aliphatic rings. The van der Waals surface area contributed by atoms with Crippen LogP contribution in [0.25, 0.3) is 10.8 Å². The van der Waals surface area contributed by atoms with E-state index in [4.69, 9.17) is 0 Å². The van der Waals surface area contributed by atoms with E-state index in [1.54, 1.807) is 0 Å². The minimum atomic E-state index is -0.927. The lowest BCUT2D eigenvalue weighted by atomic mass is 9.92. The zero-order chi connectivity index (χ0) is 16.7. The lowest BCUT2D eigenvalue weighted by molar-refractivity contribution is -0.144. The van der Waals surface area contributed by atoms with Crippen LogP contribution in [0.3, 0.4) is 0 Å². The summed E-state index contributed by atoms with van der Waals surface area (Å²) in [7, 11) is 0. The number of hydrogen-bond donors (Lipinski definition) is 2. The number of amides is 1. The Morgan fingerprint density at radius 3 is 2.61 bits per heavy atom. The quantitative estimate of drug-likeness (QED) is 0.734. The van der Waals surface area contributed by atoms with E-state index in [-0.39, 0.29) is 12.3 Å². The number of benzene rings is 2. The van der Waals surface area contributed by atoms with Crippen LogP contribution >= 0.6 is 0 Å². The number of carboxylic acid groups (broad SMARTS) is 1. The highest BCUT2D eigenvalue weighted by Crippen LogP contribution is 2.22. The predicted octanol–water partition coefficient (Wildman–Crippen LogP) is 3.39. The first kappa shape index (κ1) is 17.0. The van der Waals surface area contributed by atoms with Gasteiger partial charge in [0.15, 0.2) is 0 Å². The summed E-state index contributed by atoms with van der Waals surface area (Å²) in [4.78, 5) is 23.4. The van der Waals surface area contributed by atoms with E-state index in [1.807, 2.05) is 49.4 Å². The van der Waals surface area contributed by atoms with Crippen molar-refractivity contribution in [1.82, 2.24) is 5.32 Å². The SMILES string of the molecule is CCCCNC(=O)CC(Cc1cccc2ccccc12)C(=O)O. The largest absolute Gasteiger partial charge is 0.481 e. The molecule has 4 heteroatoms. The average Bonchev–Trinajstić information content (AvgIpc) is 2.54. The van der Waals surface area contributed by atoms with Gasteiger partial charge in [-0.1, -0.05) is 55.8 Å². The van der Waals surface area contributed by atoms with E-state index in [0.717, 1.165) is 29.2 Å². The summed E-state index contributed by atoms with van der Waals surface area (Å²) in [6.07, 6.45) is 2.28. The van der Waals surface area contributed by atoms with Crippen molar-refractivity contribution >= 4 is 22.6 Å². The van der Waals surface area contributed by atoms with E-state index in [2.05, 4.69) is 5.32 Å². The summed E-state index contributed by atoms with van der Waals surface area (Å²) in [5.41, 5.74) is 0.969. The van der Waals surface area contributed by atoms with Crippen molar-refractivity contribution in [2.75, 3.05) is 6.54 Å². The molecular weight excluding hydrogens is 290 g/mol. The van der Waals surface area contributed by atoms with E-state index >= 15 is 0 Å². The van der Waals surface area contributed by atoms with Crippen molar-refractivity contribution in [3.63, 3.8) is 0 Å². The van der Waals surface area contributed by atoms with Gasteiger partial charge in [-0.05, 0) is 29.2 Å². The van der Waals surface area contributed by atoms with Gasteiger partial charge in [0.1, 0.15) is 0 Å². The summed E-state index contributed by atoms with van der Waals surface area (Å²) in [6.45, 7) is 2.66. The Kier molecular flexibility index (Phi) is 6.15. The number of unbranched alkanes of at least 4 members (excludes halogenated alkanes) is 1. The van der Waals surface area contributed by atoms with Crippen LogP contribution in [0.15, 0.2) is 42.5 Å². The molecule has 4 nitrogen and oxygen atoms in total. The molecule has 1 unspecified atom stereocenters. The molecule has 1 atom stereocenters. The Morgan fingerprint density at radius 2 is 1.87 bits per heavy atom. The number of nitrogens with one attached hydrogen (secondary N) is 1. The second-order valence-corrected chi connectivity index (χ2v) is 5.79. The van der Waals surface area contributed by atoms with Crippen molar-refractivity contribution in [2.45, 2.75) is 32.6 Å². The number of fused-ring (bicyclic) bond motifs is 1. The monoisotopic (exact) mass is 313 g/mol. The molecule has 2 aromatic rings. The smallest absolute Gasteiger partial charge is 0.307 e. The Bertz CT molecular complexity index is 676. The standard InChI is InChI=1S/C19H23NO3/c1-2-3-11-20-18(21)13-16(19(22)23)12-15-9-6-8-14-7-4-5-10-17(14)15/h4-10,16H,2-3,11-13H2,1H3,(H,20,21)(H,22,23). The van der Waals surface area contributed by atoms with Gasteiger partial charge in [0.25, 0.3) is 0 Å². The van der Waals surface area contributed by atoms with Gasteiger partial charge in [-0.15, -0.1) is 0 Å². The average molecular weight is 313 g/mol. The lowest BCUT2D eigenvalue weighted by Gasteiger charge is -2.14. The van der Waals surface area contributed by atoms with Crippen LogP contribution in [0.2, 0.25) is 0 Å². The third-order valence-corrected chi connectivity index (χ3v) is 3.98. The van der Waals surface area contributed by atoms with Gasteiger partial charge in [0.05, 0.1) is 5.92 Å². The first-order valence-electron chi connectivity index (χ1n) is 8.08. The molecule has 0 bridgehead atoms. The van der Waals surface area contributed by atoms with E-state index in [0.29, 0.717) is 13.0 Å².